The van der Waals surface area contributed by atoms with Gasteiger partial charge in [-0.2, -0.15) is 0 Å². The minimum Gasteiger partial charge on any atom is -0.398 e. The van der Waals surface area contributed by atoms with E-state index in [1.807, 2.05) is 25.3 Å². The van der Waals surface area contributed by atoms with Crippen molar-refractivity contribution in [1.29, 1.82) is 5.41 Å². The lowest BCUT2D eigenvalue weighted by Gasteiger charge is -2.30. The average molecular weight is 667 g/mol. The summed E-state index contributed by atoms with van der Waals surface area (Å²) in [6.07, 6.45) is 24.8. The SMILES string of the molecule is C=C(CC1CC/C=C/CCC1)NCCCCCNC.C=Cc1ccc(C2=C3C=CC(=N)C(S)=C3Cc3c2ccc(N)c3SC)c(C)c1. The molecule has 47 heavy (non-hydrogen) atoms. The second-order valence-corrected chi connectivity index (χ2v) is 14.0. The maximum atomic E-state index is 8.22. The summed E-state index contributed by atoms with van der Waals surface area (Å²) in [7, 11) is 2.02. The van der Waals surface area contributed by atoms with Crippen LogP contribution in [-0.2, 0) is 6.42 Å². The molecule has 0 fully saturated rings. The van der Waals surface area contributed by atoms with Crippen LogP contribution >= 0.6 is 24.4 Å². The number of anilines is 1. The molecule has 0 heterocycles. The second kappa shape index (κ2) is 18.4. The molecular formula is C41H54N4S2. The fraction of sp³-hybridized carbons (Fsp3) is 0.390. The van der Waals surface area contributed by atoms with Crippen LogP contribution in [0.15, 0.2) is 94.4 Å². The molecule has 250 valence electrons. The van der Waals surface area contributed by atoms with Crippen LogP contribution in [0.4, 0.5) is 5.69 Å². The Bertz CT molecular complexity index is 1580. The molecule has 0 saturated heterocycles. The normalized spacial score (nSPS) is 18.0. The van der Waals surface area contributed by atoms with Crippen LogP contribution < -0.4 is 16.4 Å². The number of hydrogen-bond donors (Lipinski definition) is 5. The van der Waals surface area contributed by atoms with Crippen molar-refractivity contribution in [3.63, 3.8) is 0 Å². The van der Waals surface area contributed by atoms with Crippen molar-refractivity contribution in [3.8, 4) is 0 Å². The Morgan fingerprint density at radius 2 is 1.83 bits per heavy atom. The molecule has 0 aliphatic heterocycles. The van der Waals surface area contributed by atoms with E-state index in [2.05, 4.69) is 92.1 Å². The highest BCUT2D eigenvalue weighted by Crippen LogP contribution is 2.47. The van der Waals surface area contributed by atoms with E-state index in [4.69, 9.17) is 11.1 Å². The zero-order valence-electron chi connectivity index (χ0n) is 28.7. The smallest absolute Gasteiger partial charge is 0.0676 e. The molecule has 0 aromatic heterocycles. The maximum Gasteiger partial charge on any atom is 0.0676 e. The second-order valence-electron chi connectivity index (χ2n) is 12.8. The van der Waals surface area contributed by atoms with Crippen molar-refractivity contribution in [2.24, 2.45) is 5.92 Å². The molecule has 5 N–H and O–H groups in total. The lowest BCUT2D eigenvalue weighted by molar-refractivity contribution is 0.422. The van der Waals surface area contributed by atoms with Gasteiger partial charge in [-0.15, -0.1) is 24.4 Å². The summed E-state index contributed by atoms with van der Waals surface area (Å²) >= 11 is 6.37. The lowest BCUT2D eigenvalue weighted by atomic mass is 9.76. The fourth-order valence-electron chi connectivity index (χ4n) is 6.78. The summed E-state index contributed by atoms with van der Waals surface area (Å²) in [6, 6.07) is 10.6. The van der Waals surface area contributed by atoms with Crippen molar-refractivity contribution < 1.29 is 0 Å². The number of nitrogens with two attached hydrogens (primary N) is 1. The van der Waals surface area contributed by atoms with Gasteiger partial charge in [0, 0.05) is 34.2 Å². The molecule has 0 spiro atoms. The third-order valence-electron chi connectivity index (χ3n) is 9.33. The number of thioether (sulfide) groups is 1. The van der Waals surface area contributed by atoms with Crippen LogP contribution in [0.25, 0.3) is 11.6 Å². The zero-order chi connectivity index (χ0) is 33.8. The first-order chi connectivity index (χ1) is 22.8. The number of nitrogen functional groups attached to an aromatic ring is 1. The molecule has 4 nitrogen and oxygen atoms in total. The Hall–Kier alpha value is -3.19. The minimum absolute atomic E-state index is 0.457. The van der Waals surface area contributed by atoms with Crippen molar-refractivity contribution in [3.05, 3.63) is 117 Å². The summed E-state index contributed by atoms with van der Waals surface area (Å²) in [5.74, 6) is 0.842. The van der Waals surface area contributed by atoms with Gasteiger partial charge in [0.2, 0.25) is 0 Å². The molecule has 0 saturated carbocycles. The highest BCUT2D eigenvalue weighted by atomic mass is 32.2. The Morgan fingerprint density at radius 1 is 1.06 bits per heavy atom. The number of benzene rings is 2. The van der Waals surface area contributed by atoms with Gasteiger partial charge < -0.3 is 16.4 Å². The van der Waals surface area contributed by atoms with Crippen LogP contribution in [0, 0.1) is 18.3 Å². The number of allylic oxidation sites excluding steroid dienone is 8. The molecule has 0 amide bonds. The number of thiol groups is 1. The summed E-state index contributed by atoms with van der Waals surface area (Å²) in [4.78, 5) is 1.86. The average Bonchev–Trinajstić information content (AvgIpc) is 3.05. The number of fused-ring (bicyclic) bond motifs is 2. The Kier molecular flexibility index (Phi) is 14.3. The molecule has 0 bridgehead atoms. The Balaban J connectivity index is 0.000000231. The van der Waals surface area contributed by atoms with Gasteiger partial charge in [0.15, 0.2) is 0 Å². The Morgan fingerprint density at radius 3 is 2.57 bits per heavy atom. The predicted molar refractivity (Wildman–Crippen MR) is 212 cm³/mol. The quantitative estimate of drug-likeness (QED) is 0.0514. The maximum absolute atomic E-state index is 8.22. The minimum atomic E-state index is 0.457. The van der Waals surface area contributed by atoms with Crippen LogP contribution in [0.5, 0.6) is 0 Å². The first-order valence-corrected chi connectivity index (χ1v) is 18.8. The lowest BCUT2D eigenvalue weighted by Crippen LogP contribution is -2.17. The standard InChI is InChI=1S/C24H22N2S2.C17H32N2/c1-4-14-5-6-15(13(2)11-14)22-16-7-9-20(25)23(27)18(16)12-19-17(22)8-10-21(26)24(19)28-3;1-16(19-14-10-6-9-13-18-2)15-17-11-7-4-3-5-8-12-17/h4-11,25,27H,1,12,26H2,2-3H3;3-4,17-19H,1,5-15H2,2H3/b;4-3+. The van der Waals surface area contributed by atoms with E-state index in [0.717, 1.165) is 57.6 Å². The highest BCUT2D eigenvalue weighted by molar-refractivity contribution is 7.98. The van der Waals surface area contributed by atoms with Gasteiger partial charge in [0.25, 0.3) is 0 Å². The third-order valence-corrected chi connectivity index (χ3v) is 10.7. The van der Waals surface area contributed by atoms with Gasteiger partial charge in [-0.3, -0.25) is 5.41 Å². The van der Waals surface area contributed by atoms with E-state index in [0.29, 0.717) is 5.71 Å². The number of nitrogens with one attached hydrogen (secondary N) is 3. The highest BCUT2D eigenvalue weighted by Gasteiger charge is 2.29. The number of aryl methyl sites for hydroxylation is 1. The van der Waals surface area contributed by atoms with Crippen molar-refractivity contribution in [2.45, 2.75) is 76.0 Å². The molecule has 2 aromatic rings. The molecule has 5 rings (SSSR count). The van der Waals surface area contributed by atoms with E-state index in [9.17, 15) is 0 Å². The van der Waals surface area contributed by atoms with Gasteiger partial charge in [0.05, 0.1) is 5.71 Å². The van der Waals surface area contributed by atoms with Crippen LogP contribution in [0.3, 0.4) is 0 Å². The molecule has 0 radical (unpaired) electrons. The van der Waals surface area contributed by atoms with Crippen LogP contribution in [0.1, 0.15) is 85.6 Å². The summed E-state index contributed by atoms with van der Waals surface area (Å²) in [5, 5.41) is 14.9. The first kappa shape index (κ1) is 36.6. The summed E-state index contributed by atoms with van der Waals surface area (Å²) in [6.45, 7) is 12.4. The zero-order valence-corrected chi connectivity index (χ0v) is 30.4. The molecule has 1 atom stereocenters. The van der Waals surface area contributed by atoms with Crippen molar-refractivity contribution in [1.82, 2.24) is 10.6 Å². The number of rotatable bonds is 12. The largest absolute Gasteiger partial charge is 0.398 e. The Labute approximate surface area is 293 Å². The summed E-state index contributed by atoms with van der Waals surface area (Å²) in [5.41, 5.74) is 18.2. The van der Waals surface area contributed by atoms with Crippen LogP contribution in [0.2, 0.25) is 0 Å². The molecular weight excluding hydrogens is 613 g/mol. The fourth-order valence-corrected chi connectivity index (χ4v) is 7.79. The van der Waals surface area contributed by atoms with Gasteiger partial charge >= 0.3 is 0 Å². The first-order valence-electron chi connectivity index (χ1n) is 17.1. The predicted octanol–water partition coefficient (Wildman–Crippen LogP) is 10.1. The number of hydrogen-bond acceptors (Lipinski definition) is 6. The molecule has 3 aliphatic carbocycles. The van der Waals surface area contributed by atoms with Crippen molar-refractivity contribution in [2.75, 3.05) is 32.1 Å². The topological polar surface area (TPSA) is 73.9 Å². The molecule has 3 aliphatic rings. The molecule has 6 heteroatoms. The monoisotopic (exact) mass is 666 g/mol. The molecule has 2 aromatic carbocycles. The van der Waals surface area contributed by atoms with E-state index >= 15 is 0 Å². The van der Waals surface area contributed by atoms with Gasteiger partial charge in [-0.1, -0.05) is 68.1 Å². The van der Waals surface area contributed by atoms with E-state index in [-0.39, 0.29) is 0 Å². The summed E-state index contributed by atoms with van der Waals surface area (Å²) < 4.78 is 0. The third kappa shape index (κ3) is 9.68. The van der Waals surface area contributed by atoms with Crippen LogP contribution in [-0.4, -0.2) is 32.1 Å². The van der Waals surface area contributed by atoms with Gasteiger partial charge in [0.1, 0.15) is 0 Å². The van der Waals surface area contributed by atoms with E-state index in [1.165, 1.54) is 91.3 Å². The molecule has 1 unspecified atom stereocenters. The number of unbranched alkanes of at least 4 members (excludes halogenated alkanes) is 2. The van der Waals surface area contributed by atoms with Gasteiger partial charge in [-0.05, 0) is 141 Å². The van der Waals surface area contributed by atoms with E-state index in [1.54, 1.807) is 11.8 Å². The van der Waals surface area contributed by atoms with Gasteiger partial charge in [-0.25, -0.2) is 0 Å². The van der Waals surface area contributed by atoms with E-state index < -0.39 is 0 Å². The van der Waals surface area contributed by atoms with Crippen molar-refractivity contribution >= 4 is 47.4 Å².